The minimum atomic E-state index is -3.30. The average molecular weight is 430 g/mol. The van der Waals surface area contributed by atoms with E-state index < -0.39 is 8.24 Å². The maximum atomic E-state index is 12.6. The van der Waals surface area contributed by atoms with Crippen LogP contribution in [0.4, 0.5) is 0 Å². The van der Waals surface area contributed by atoms with Gasteiger partial charge in [-0.25, -0.2) is 0 Å². The predicted molar refractivity (Wildman–Crippen MR) is 117 cm³/mol. The molecule has 154 valence electrons. The first-order chi connectivity index (χ1) is 14.2. The standard InChI is InChI=1S/C22H27NO4SSi/c24-22(21-9-7-20(8-10-21)19-5-2-1-3-6-19)28-17-4-18-29-23(11-14-25-29,12-15-26-29)13-16-27-29/h1-3,5-10H,4,11-18H2. The molecule has 5 rings (SSSR count). The maximum absolute atomic E-state index is 12.6. The van der Waals surface area contributed by atoms with Crippen LogP contribution >= 0.6 is 11.8 Å². The summed E-state index contributed by atoms with van der Waals surface area (Å²) < 4.78 is 19.8. The molecule has 0 aromatic heterocycles. The van der Waals surface area contributed by atoms with E-state index in [1.807, 2.05) is 42.5 Å². The zero-order valence-electron chi connectivity index (χ0n) is 16.5. The Morgan fingerprint density at radius 3 is 2.07 bits per heavy atom. The summed E-state index contributed by atoms with van der Waals surface area (Å²) in [7, 11) is -3.30. The van der Waals surface area contributed by atoms with Gasteiger partial charge in [-0.2, -0.15) is 0 Å². The molecule has 0 spiro atoms. The second-order valence-corrected chi connectivity index (χ2v) is 13.8. The van der Waals surface area contributed by atoms with E-state index in [4.69, 9.17) is 13.3 Å². The molecule has 0 bridgehead atoms. The first-order valence-electron chi connectivity index (χ1n) is 10.4. The fourth-order valence-electron chi connectivity index (χ4n) is 5.28. The van der Waals surface area contributed by atoms with Gasteiger partial charge in [-0.1, -0.05) is 6.07 Å². The van der Waals surface area contributed by atoms with Crippen LogP contribution < -0.4 is 0 Å². The molecule has 3 saturated heterocycles. The van der Waals surface area contributed by atoms with E-state index in [1.165, 1.54) is 11.8 Å². The van der Waals surface area contributed by atoms with Crippen LogP contribution in [0, 0.1) is 0 Å². The van der Waals surface area contributed by atoms with Gasteiger partial charge in [0.1, 0.15) is 0 Å². The first-order valence-corrected chi connectivity index (χ1v) is 13.8. The molecule has 0 atom stereocenters. The molecule has 3 aliphatic heterocycles. The molecule has 29 heavy (non-hydrogen) atoms. The van der Waals surface area contributed by atoms with E-state index in [0.717, 1.165) is 78.5 Å². The first kappa shape index (κ1) is 19.5. The molecule has 0 unspecified atom stereocenters. The van der Waals surface area contributed by atoms with Crippen molar-refractivity contribution in [3.63, 3.8) is 0 Å². The molecule has 0 radical (unpaired) electrons. The number of carbonyl (C=O) groups excluding carboxylic acids is 1. The van der Waals surface area contributed by atoms with E-state index in [9.17, 15) is 4.79 Å². The van der Waals surface area contributed by atoms with Gasteiger partial charge in [0.05, 0.1) is 0 Å². The van der Waals surface area contributed by atoms with Gasteiger partial charge < -0.3 is 0 Å². The number of rotatable bonds is 6. The number of hydrogen-bond donors (Lipinski definition) is 0. The van der Waals surface area contributed by atoms with Gasteiger partial charge in [-0.3, -0.25) is 0 Å². The average Bonchev–Trinajstić information content (AvgIpc) is 3.32. The normalized spacial score (nSPS) is 27.7. The van der Waals surface area contributed by atoms with Crippen molar-refractivity contribution in [1.29, 1.82) is 0 Å². The topological polar surface area (TPSA) is 44.8 Å². The summed E-state index contributed by atoms with van der Waals surface area (Å²) >= 11 is 1.39. The molecule has 2 aromatic carbocycles. The van der Waals surface area contributed by atoms with Crippen LogP contribution in [0.2, 0.25) is 6.04 Å². The Labute approximate surface area is 176 Å². The Morgan fingerprint density at radius 1 is 0.862 bits per heavy atom. The van der Waals surface area contributed by atoms with Crippen molar-refractivity contribution in [2.75, 3.05) is 45.2 Å². The predicted octanol–water partition coefficient (Wildman–Crippen LogP) is 3.91. The summed E-state index contributed by atoms with van der Waals surface area (Å²) in [4.78, 5) is 12.6. The van der Waals surface area contributed by atoms with Crippen molar-refractivity contribution in [3.05, 3.63) is 60.2 Å². The number of hydrogen-bond acceptors (Lipinski definition) is 5. The summed E-state index contributed by atoms with van der Waals surface area (Å²) in [5.41, 5.74) is 3.04. The summed E-state index contributed by atoms with van der Waals surface area (Å²) in [6.45, 7) is 5.30. The minimum absolute atomic E-state index is 0.121. The number of benzene rings is 2. The molecular weight excluding hydrogens is 402 g/mol. The second-order valence-electron chi connectivity index (χ2n) is 8.16. The van der Waals surface area contributed by atoms with Crippen LogP contribution in [0.3, 0.4) is 0 Å². The summed E-state index contributed by atoms with van der Waals surface area (Å²) in [6.07, 6.45) is 0.881. The molecular formula is C22H27NO4SSi. The summed E-state index contributed by atoms with van der Waals surface area (Å²) in [6, 6.07) is 18.9. The van der Waals surface area contributed by atoms with Gasteiger partial charge in [0.2, 0.25) is 0 Å². The van der Waals surface area contributed by atoms with Gasteiger partial charge in [0.25, 0.3) is 0 Å². The molecule has 2 aromatic rings. The SMILES string of the molecule is O=C(SCCC[Si-]123OCC[N+]1(CCO2)CCO3)c1ccc(-c2ccccc2)cc1. The Hall–Kier alpha value is -1.48. The molecule has 0 saturated carbocycles. The fourth-order valence-corrected chi connectivity index (χ4v) is 12.1. The van der Waals surface area contributed by atoms with Gasteiger partial charge in [-0.15, -0.1) is 0 Å². The molecule has 3 aliphatic rings. The monoisotopic (exact) mass is 429 g/mol. The number of thioether (sulfide) groups is 1. The van der Waals surface area contributed by atoms with Crippen LogP contribution in [0.1, 0.15) is 16.8 Å². The summed E-state index contributed by atoms with van der Waals surface area (Å²) in [5.74, 6) is 0.763. The molecule has 5 nitrogen and oxygen atoms in total. The molecule has 3 heterocycles. The third-order valence-electron chi connectivity index (χ3n) is 6.83. The number of carbonyl (C=O) groups is 1. The third-order valence-corrected chi connectivity index (χ3v) is 13.8. The van der Waals surface area contributed by atoms with Crippen LogP contribution in [0.5, 0.6) is 0 Å². The third kappa shape index (κ3) is 3.03. The van der Waals surface area contributed by atoms with E-state index in [2.05, 4.69) is 12.1 Å². The summed E-state index contributed by atoms with van der Waals surface area (Å²) in [5, 5.41) is 0.121. The fraction of sp³-hybridized carbons (Fsp3) is 0.409. The van der Waals surface area contributed by atoms with Gasteiger partial charge >= 0.3 is 170 Å². The molecule has 3 fully saturated rings. The van der Waals surface area contributed by atoms with E-state index in [-0.39, 0.29) is 5.12 Å². The zero-order valence-corrected chi connectivity index (χ0v) is 18.4. The van der Waals surface area contributed by atoms with Crippen LogP contribution in [0.15, 0.2) is 54.6 Å². The van der Waals surface area contributed by atoms with Crippen molar-refractivity contribution in [2.24, 2.45) is 0 Å². The van der Waals surface area contributed by atoms with Crippen molar-refractivity contribution < 1.29 is 22.2 Å². The van der Waals surface area contributed by atoms with Crippen molar-refractivity contribution in [3.8, 4) is 11.1 Å². The van der Waals surface area contributed by atoms with Gasteiger partial charge in [0.15, 0.2) is 0 Å². The quantitative estimate of drug-likeness (QED) is 0.515. The van der Waals surface area contributed by atoms with Crippen molar-refractivity contribution >= 4 is 25.1 Å². The Morgan fingerprint density at radius 2 is 1.45 bits per heavy atom. The van der Waals surface area contributed by atoms with E-state index in [0.29, 0.717) is 0 Å². The molecule has 0 amide bonds. The van der Waals surface area contributed by atoms with Crippen LogP contribution in [0.25, 0.3) is 11.1 Å². The Bertz CT molecular complexity index is 873. The molecule has 7 heteroatoms. The molecule has 0 aliphatic carbocycles. The van der Waals surface area contributed by atoms with Crippen molar-refractivity contribution in [1.82, 2.24) is 0 Å². The van der Waals surface area contributed by atoms with Crippen LogP contribution in [-0.2, 0) is 13.3 Å². The van der Waals surface area contributed by atoms with E-state index >= 15 is 0 Å². The zero-order chi connectivity index (χ0) is 19.8. The van der Waals surface area contributed by atoms with Crippen molar-refractivity contribution in [2.45, 2.75) is 12.5 Å². The van der Waals surface area contributed by atoms with Crippen LogP contribution in [-0.4, -0.2) is 62.7 Å². The number of nitrogens with zero attached hydrogens (tertiary/aromatic N) is 1. The van der Waals surface area contributed by atoms with Gasteiger partial charge in [0, 0.05) is 0 Å². The van der Waals surface area contributed by atoms with Gasteiger partial charge in [-0.05, 0) is 0 Å². The number of quaternary nitrogens is 1. The second kappa shape index (κ2) is 7.33. The van der Waals surface area contributed by atoms with E-state index in [1.54, 1.807) is 0 Å². The molecule has 0 N–H and O–H groups in total. The Kier molecular flexibility index (Phi) is 4.93. The Balaban J connectivity index is 1.18.